The maximum Gasteiger partial charge on any atom is 0.101 e. The van der Waals surface area contributed by atoms with Gasteiger partial charge < -0.3 is 11.1 Å². The standard InChI is InChI=1S/C12H17N3S/c1-3-10(8-16-2)15-11-4-5-12(14)9(6-11)7-13/h4-6,10,15H,3,8,14H2,1-2H3. The van der Waals surface area contributed by atoms with E-state index < -0.39 is 0 Å². The monoisotopic (exact) mass is 235 g/mol. The van der Waals surface area contributed by atoms with Gasteiger partial charge in [0.25, 0.3) is 0 Å². The van der Waals surface area contributed by atoms with Gasteiger partial charge in [0.05, 0.1) is 5.56 Å². The fourth-order valence-corrected chi connectivity index (χ4v) is 2.16. The van der Waals surface area contributed by atoms with Gasteiger partial charge in [0, 0.05) is 23.2 Å². The Labute approximate surface area is 101 Å². The number of anilines is 2. The number of nitriles is 1. The van der Waals surface area contributed by atoms with E-state index in [4.69, 9.17) is 11.0 Å². The Hall–Kier alpha value is -1.34. The largest absolute Gasteiger partial charge is 0.398 e. The molecule has 0 heterocycles. The van der Waals surface area contributed by atoms with Gasteiger partial charge in [-0.15, -0.1) is 0 Å². The summed E-state index contributed by atoms with van der Waals surface area (Å²) in [6.45, 7) is 2.15. The number of nitrogen functional groups attached to an aromatic ring is 1. The molecule has 0 aliphatic heterocycles. The van der Waals surface area contributed by atoms with E-state index in [1.54, 1.807) is 12.1 Å². The molecule has 0 spiro atoms. The molecule has 3 nitrogen and oxygen atoms in total. The molecule has 1 atom stereocenters. The third-order valence-electron chi connectivity index (χ3n) is 2.41. The zero-order valence-electron chi connectivity index (χ0n) is 9.66. The number of rotatable bonds is 5. The minimum atomic E-state index is 0.435. The molecule has 1 unspecified atom stereocenters. The highest BCUT2D eigenvalue weighted by molar-refractivity contribution is 7.98. The summed E-state index contributed by atoms with van der Waals surface area (Å²) in [7, 11) is 0. The number of benzene rings is 1. The number of hydrogen-bond donors (Lipinski definition) is 2. The maximum atomic E-state index is 8.88. The first-order valence-corrected chi connectivity index (χ1v) is 6.65. The van der Waals surface area contributed by atoms with Crippen molar-refractivity contribution in [2.45, 2.75) is 19.4 Å². The van der Waals surface area contributed by atoms with Crippen molar-refractivity contribution in [3.63, 3.8) is 0 Å². The Morgan fingerprint density at radius 3 is 2.88 bits per heavy atom. The predicted molar refractivity (Wildman–Crippen MR) is 71.7 cm³/mol. The third kappa shape index (κ3) is 3.35. The highest BCUT2D eigenvalue weighted by Crippen LogP contribution is 2.18. The average Bonchev–Trinajstić information content (AvgIpc) is 2.30. The molecule has 0 fully saturated rings. The molecular weight excluding hydrogens is 218 g/mol. The van der Waals surface area contributed by atoms with Crippen LogP contribution in [0.1, 0.15) is 18.9 Å². The lowest BCUT2D eigenvalue weighted by molar-refractivity contribution is 0.775. The van der Waals surface area contributed by atoms with Crippen molar-refractivity contribution < 1.29 is 0 Å². The Morgan fingerprint density at radius 1 is 1.56 bits per heavy atom. The molecule has 16 heavy (non-hydrogen) atoms. The molecule has 0 saturated carbocycles. The lowest BCUT2D eigenvalue weighted by Gasteiger charge is -2.17. The summed E-state index contributed by atoms with van der Waals surface area (Å²) >= 11 is 1.81. The second-order valence-electron chi connectivity index (χ2n) is 3.62. The third-order valence-corrected chi connectivity index (χ3v) is 3.14. The van der Waals surface area contributed by atoms with Crippen LogP contribution in [0.3, 0.4) is 0 Å². The highest BCUT2D eigenvalue weighted by Gasteiger charge is 2.06. The van der Waals surface area contributed by atoms with Crippen molar-refractivity contribution in [2.24, 2.45) is 0 Å². The highest BCUT2D eigenvalue weighted by atomic mass is 32.2. The minimum absolute atomic E-state index is 0.435. The molecular formula is C12H17N3S. The predicted octanol–water partition coefficient (Wildman–Crippen LogP) is 2.69. The molecule has 4 heteroatoms. The average molecular weight is 235 g/mol. The lowest BCUT2D eigenvalue weighted by atomic mass is 10.1. The SMILES string of the molecule is CCC(CSC)Nc1ccc(N)c(C#N)c1. The Morgan fingerprint density at radius 2 is 2.31 bits per heavy atom. The number of nitrogens with one attached hydrogen (secondary N) is 1. The van der Waals surface area contributed by atoms with Gasteiger partial charge in [-0.2, -0.15) is 17.0 Å². The first kappa shape index (κ1) is 12.7. The quantitative estimate of drug-likeness (QED) is 0.770. The number of nitrogens with zero attached hydrogens (tertiary/aromatic N) is 1. The van der Waals surface area contributed by atoms with Gasteiger partial charge in [-0.05, 0) is 30.9 Å². The zero-order valence-corrected chi connectivity index (χ0v) is 10.5. The second kappa shape index (κ2) is 6.29. The maximum absolute atomic E-state index is 8.88. The van der Waals surface area contributed by atoms with Crippen molar-refractivity contribution in [2.75, 3.05) is 23.1 Å². The molecule has 0 amide bonds. The molecule has 0 aliphatic rings. The van der Waals surface area contributed by atoms with Crippen LogP contribution in [0.2, 0.25) is 0 Å². The van der Waals surface area contributed by atoms with Gasteiger partial charge in [-0.25, -0.2) is 0 Å². The molecule has 1 rings (SSSR count). The van der Waals surface area contributed by atoms with Crippen LogP contribution in [-0.2, 0) is 0 Å². The number of hydrogen-bond acceptors (Lipinski definition) is 4. The summed E-state index contributed by atoms with van der Waals surface area (Å²) < 4.78 is 0. The first-order chi connectivity index (χ1) is 7.71. The molecule has 86 valence electrons. The molecule has 0 aromatic heterocycles. The summed E-state index contributed by atoms with van der Waals surface area (Å²) in [4.78, 5) is 0. The van der Waals surface area contributed by atoms with Crippen LogP contribution in [0.25, 0.3) is 0 Å². The van der Waals surface area contributed by atoms with E-state index in [0.29, 0.717) is 17.3 Å². The fraction of sp³-hybridized carbons (Fsp3) is 0.417. The summed E-state index contributed by atoms with van der Waals surface area (Å²) in [6, 6.07) is 8.01. The van der Waals surface area contributed by atoms with E-state index in [1.807, 2.05) is 17.8 Å². The summed E-state index contributed by atoms with van der Waals surface area (Å²) in [5.41, 5.74) is 7.70. The van der Waals surface area contributed by atoms with E-state index in [9.17, 15) is 0 Å². The van der Waals surface area contributed by atoms with Gasteiger partial charge in [0.2, 0.25) is 0 Å². The molecule has 3 N–H and O–H groups in total. The van der Waals surface area contributed by atoms with Crippen LogP contribution < -0.4 is 11.1 Å². The minimum Gasteiger partial charge on any atom is -0.398 e. The molecule has 0 saturated heterocycles. The van der Waals surface area contributed by atoms with Crippen molar-refractivity contribution in [3.8, 4) is 6.07 Å². The van der Waals surface area contributed by atoms with Gasteiger partial charge in [-0.3, -0.25) is 0 Å². The van der Waals surface area contributed by atoms with Gasteiger partial charge in [0.1, 0.15) is 6.07 Å². The van der Waals surface area contributed by atoms with E-state index in [2.05, 4.69) is 24.6 Å². The first-order valence-electron chi connectivity index (χ1n) is 5.26. The van der Waals surface area contributed by atoms with Gasteiger partial charge >= 0.3 is 0 Å². The normalized spacial score (nSPS) is 11.8. The Bertz CT molecular complexity index is 384. The van der Waals surface area contributed by atoms with Gasteiger partial charge in [0.15, 0.2) is 0 Å². The van der Waals surface area contributed by atoms with Crippen molar-refractivity contribution in [3.05, 3.63) is 23.8 Å². The topological polar surface area (TPSA) is 61.8 Å². The number of thioether (sulfide) groups is 1. The van der Waals surface area contributed by atoms with E-state index >= 15 is 0 Å². The van der Waals surface area contributed by atoms with Crippen LogP contribution >= 0.6 is 11.8 Å². The Balaban J connectivity index is 2.77. The molecule has 0 radical (unpaired) electrons. The van der Waals surface area contributed by atoms with Crippen LogP contribution in [0, 0.1) is 11.3 Å². The van der Waals surface area contributed by atoms with Crippen molar-refractivity contribution >= 4 is 23.1 Å². The van der Waals surface area contributed by atoms with Crippen LogP contribution in [0.4, 0.5) is 11.4 Å². The molecule has 0 bridgehead atoms. The lowest BCUT2D eigenvalue weighted by Crippen LogP contribution is -2.21. The van der Waals surface area contributed by atoms with Crippen molar-refractivity contribution in [1.82, 2.24) is 0 Å². The van der Waals surface area contributed by atoms with Crippen LogP contribution in [-0.4, -0.2) is 18.1 Å². The summed E-state index contributed by atoms with van der Waals surface area (Å²) in [6.07, 6.45) is 3.15. The van der Waals surface area contributed by atoms with Crippen LogP contribution in [0.5, 0.6) is 0 Å². The molecule has 0 aliphatic carbocycles. The zero-order chi connectivity index (χ0) is 12.0. The number of nitrogens with two attached hydrogens (primary N) is 1. The van der Waals surface area contributed by atoms with E-state index in [1.165, 1.54) is 0 Å². The smallest absolute Gasteiger partial charge is 0.101 e. The summed E-state index contributed by atoms with van der Waals surface area (Å²) in [5, 5.41) is 12.3. The van der Waals surface area contributed by atoms with Gasteiger partial charge in [-0.1, -0.05) is 6.92 Å². The van der Waals surface area contributed by atoms with E-state index in [-0.39, 0.29) is 0 Å². The Kier molecular flexibility index (Phi) is 5.00. The molecule has 1 aromatic rings. The second-order valence-corrected chi connectivity index (χ2v) is 4.53. The summed E-state index contributed by atoms with van der Waals surface area (Å²) in [5.74, 6) is 1.06. The van der Waals surface area contributed by atoms with Crippen molar-refractivity contribution in [1.29, 1.82) is 5.26 Å². The fourth-order valence-electron chi connectivity index (χ4n) is 1.44. The van der Waals surface area contributed by atoms with Crippen LogP contribution in [0.15, 0.2) is 18.2 Å². The molecule has 1 aromatic carbocycles. The van der Waals surface area contributed by atoms with E-state index in [0.717, 1.165) is 17.9 Å².